The summed E-state index contributed by atoms with van der Waals surface area (Å²) in [6.45, 7) is 1.92. The van der Waals surface area contributed by atoms with Crippen LogP contribution in [0.15, 0.2) is 35.1 Å². The zero-order chi connectivity index (χ0) is 14.0. The third-order valence-electron chi connectivity index (χ3n) is 2.77. The van der Waals surface area contributed by atoms with Gasteiger partial charge >= 0.3 is 5.97 Å². The van der Waals surface area contributed by atoms with Crippen LogP contribution >= 0.6 is 0 Å². The van der Waals surface area contributed by atoms with Crippen LogP contribution in [0.4, 0.5) is 5.69 Å². The van der Waals surface area contributed by atoms with Crippen molar-refractivity contribution >= 4 is 11.7 Å². The van der Waals surface area contributed by atoms with Crippen LogP contribution in [0, 0.1) is 0 Å². The minimum Gasteiger partial charge on any atom is -0.461 e. The fourth-order valence-corrected chi connectivity index (χ4v) is 1.93. The van der Waals surface area contributed by atoms with Gasteiger partial charge in [0.2, 0.25) is 0 Å². The van der Waals surface area contributed by atoms with E-state index in [-0.39, 0.29) is 18.0 Å². The maximum Gasteiger partial charge on any atom is 0.358 e. The maximum absolute atomic E-state index is 12.1. The average Bonchev–Trinajstić information content (AvgIpc) is 2.62. The fraction of sp³-hybridized carbons (Fsp3) is 0.231. The molecule has 6 heteroatoms. The van der Waals surface area contributed by atoms with Crippen LogP contribution in [0.25, 0.3) is 5.69 Å². The number of esters is 1. The van der Waals surface area contributed by atoms with Gasteiger partial charge in [-0.25, -0.2) is 9.48 Å². The average molecular weight is 261 g/mol. The first-order valence-electron chi connectivity index (χ1n) is 5.88. The van der Waals surface area contributed by atoms with E-state index in [4.69, 9.17) is 10.5 Å². The second-order valence-electron chi connectivity index (χ2n) is 3.96. The summed E-state index contributed by atoms with van der Waals surface area (Å²) in [5, 5.41) is 0. The summed E-state index contributed by atoms with van der Waals surface area (Å²) in [5.74, 6) is -0.603. The topological polar surface area (TPSA) is 79.2 Å². The molecule has 19 heavy (non-hydrogen) atoms. The van der Waals surface area contributed by atoms with Gasteiger partial charge in [-0.1, -0.05) is 18.2 Å². The van der Waals surface area contributed by atoms with Crippen LogP contribution < -0.4 is 11.3 Å². The van der Waals surface area contributed by atoms with Gasteiger partial charge in [-0.3, -0.25) is 9.48 Å². The van der Waals surface area contributed by atoms with Gasteiger partial charge in [-0.05, 0) is 19.1 Å². The van der Waals surface area contributed by atoms with Gasteiger partial charge in [-0.15, -0.1) is 0 Å². The minimum atomic E-state index is -0.603. The van der Waals surface area contributed by atoms with Crippen molar-refractivity contribution in [2.75, 3.05) is 12.3 Å². The Morgan fingerprint density at radius 1 is 1.32 bits per heavy atom. The Kier molecular flexibility index (Phi) is 3.41. The van der Waals surface area contributed by atoms with Crippen molar-refractivity contribution in [2.45, 2.75) is 6.92 Å². The first-order valence-corrected chi connectivity index (χ1v) is 5.88. The van der Waals surface area contributed by atoms with Gasteiger partial charge in [0.05, 0.1) is 12.3 Å². The lowest BCUT2D eigenvalue weighted by atomic mass is 10.3. The third kappa shape index (κ3) is 2.12. The Morgan fingerprint density at radius 3 is 2.53 bits per heavy atom. The van der Waals surface area contributed by atoms with Crippen molar-refractivity contribution in [1.29, 1.82) is 0 Å². The SMILES string of the molecule is CCOC(=O)c1c(N)c(=O)n(-c2ccccc2)n1C. The molecule has 0 aliphatic carbocycles. The zero-order valence-corrected chi connectivity index (χ0v) is 10.8. The maximum atomic E-state index is 12.1. The standard InChI is InChI=1S/C13H15N3O3/c1-3-19-13(18)11-10(14)12(17)16(15(11)2)9-7-5-4-6-8-9/h4-8H,3,14H2,1-2H3. The molecule has 0 aliphatic rings. The second kappa shape index (κ2) is 5.01. The molecule has 1 aromatic heterocycles. The zero-order valence-electron chi connectivity index (χ0n) is 10.8. The molecule has 0 unspecified atom stereocenters. The van der Waals surface area contributed by atoms with Crippen LogP contribution in [-0.2, 0) is 11.8 Å². The first kappa shape index (κ1) is 12.9. The molecule has 1 heterocycles. The highest BCUT2D eigenvalue weighted by atomic mass is 16.5. The minimum absolute atomic E-state index is 0.0655. The molecule has 0 saturated carbocycles. The third-order valence-corrected chi connectivity index (χ3v) is 2.77. The van der Waals surface area contributed by atoms with Crippen LogP contribution in [0.2, 0.25) is 0 Å². The van der Waals surface area contributed by atoms with E-state index in [0.29, 0.717) is 5.69 Å². The normalized spacial score (nSPS) is 10.4. The molecule has 0 amide bonds. The molecule has 0 saturated heterocycles. The molecule has 0 aliphatic heterocycles. The molecule has 2 N–H and O–H groups in total. The summed E-state index contributed by atoms with van der Waals surface area (Å²) in [7, 11) is 1.59. The lowest BCUT2D eigenvalue weighted by molar-refractivity contribution is 0.0514. The molecule has 1 aromatic carbocycles. The number of para-hydroxylation sites is 1. The summed E-state index contributed by atoms with van der Waals surface area (Å²) in [4.78, 5) is 23.9. The van der Waals surface area contributed by atoms with E-state index in [0.717, 1.165) is 0 Å². The smallest absolute Gasteiger partial charge is 0.358 e. The summed E-state index contributed by atoms with van der Waals surface area (Å²) < 4.78 is 7.64. The molecule has 0 atom stereocenters. The largest absolute Gasteiger partial charge is 0.461 e. The summed E-state index contributed by atoms with van der Waals surface area (Å²) >= 11 is 0. The van der Waals surface area contributed by atoms with E-state index in [9.17, 15) is 9.59 Å². The lowest BCUT2D eigenvalue weighted by Crippen LogP contribution is -2.21. The molecule has 0 fully saturated rings. The highest BCUT2D eigenvalue weighted by Crippen LogP contribution is 2.13. The molecule has 0 radical (unpaired) electrons. The van der Waals surface area contributed by atoms with Crippen LogP contribution in [-0.4, -0.2) is 21.9 Å². The number of aromatic nitrogens is 2. The van der Waals surface area contributed by atoms with Crippen molar-refractivity contribution in [3.8, 4) is 5.69 Å². The Labute approximate surface area is 110 Å². The van der Waals surface area contributed by atoms with E-state index >= 15 is 0 Å². The molecular weight excluding hydrogens is 246 g/mol. The number of rotatable bonds is 3. The van der Waals surface area contributed by atoms with Crippen molar-refractivity contribution < 1.29 is 9.53 Å². The number of hydrogen-bond acceptors (Lipinski definition) is 4. The number of nitrogens with zero attached hydrogens (tertiary/aromatic N) is 2. The Balaban J connectivity index is 2.63. The number of nitrogen functional groups attached to an aromatic ring is 1. The lowest BCUT2D eigenvalue weighted by Gasteiger charge is -2.09. The van der Waals surface area contributed by atoms with E-state index in [1.807, 2.05) is 6.07 Å². The van der Waals surface area contributed by atoms with Crippen molar-refractivity contribution in [3.63, 3.8) is 0 Å². The highest BCUT2D eigenvalue weighted by Gasteiger charge is 2.23. The van der Waals surface area contributed by atoms with Gasteiger partial charge in [0.25, 0.3) is 5.56 Å². The van der Waals surface area contributed by atoms with E-state index < -0.39 is 11.5 Å². The number of carbonyl (C=O) groups is 1. The van der Waals surface area contributed by atoms with Gasteiger partial charge < -0.3 is 10.5 Å². The molecule has 0 bridgehead atoms. The highest BCUT2D eigenvalue weighted by molar-refractivity contribution is 5.93. The molecule has 100 valence electrons. The molecule has 2 aromatic rings. The van der Waals surface area contributed by atoms with Gasteiger partial charge in [0.1, 0.15) is 5.69 Å². The fourth-order valence-electron chi connectivity index (χ4n) is 1.93. The van der Waals surface area contributed by atoms with Crippen LogP contribution in [0.1, 0.15) is 17.4 Å². The number of anilines is 1. The van der Waals surface area contributed by atoms with Crippen molar-refractivity contribution in [2.24, 2.45) is 7.05 Å². The summed E-state index contributed by atoms with van der Waals surface area (Å²) in [6.07, 6.45) is 0. The van der Waals surface area contributed by atoms with Crippen LogP contribution in [0.5, 0.6) is 0 Å². The van der Waals surface area contributed by atoms with E-state index in [2.05, 4.69) is 0 Å². The van der Waals surface area contributed by atoms with Gasteiger partial charge in [-0.2, -0.15) is 0 Å². The van der Waals surface area contributed by atoms with Crippen LogP contribution in [0.3, 0.4) is 0 Å². The summed E-state index contributed by atoms with van der Waals surface area (Å²) in [5.41, 5.74) is 5.88. The monoisotopic (exact) mass is 261 g/mol. The Morgan fingerprint density at radius 2 is 1.95 bits per heavy atom. The first-order chi connectivity index (χ1) is 9.07. The van der Waals surface area contributed by atoms with Gasteiger partial charge in [0.15, 0.2) is 5.69 Å². The number of benzene rings is 1. The number of carbonyl (C=O) groups excluding carboxylic acids is 1. The quantitative estimate of drug-likeness (QED) is 0.834. The number of ether oxygens (including phenoxy) is 1. The Bertz CT molecular complexity index is 656. The van der Waals surface area contributed by atoms with Crippen molar-refractivity contribution in [3.05, 3.63) is 46.4 Å². The predicted molar refractivity (Wildman–Crippen MR) is 71.4 cm³/mol. The molecule has 6 nitrogen and oxygen atoms in total. The Hall–Kier alpha value is -2.50. The molecular formula is C13H15N3O3. The van der Waals surface area contributed by atoms with Gasteiger partial charge in [0, 0.05) is 7.05 Å². The summed E-state index contributed by atoms with van der Waals surface area (Å²) in [6, 6.07) is 8.96. The number of hydrogen-bond donors (Lipinski definition) is 1. The van der Waals surface area contributed by atoms with Crippen molar-refractivity contribution in [1.82, 2.24) is 9.36 Å². The molecule has 0 spiro atoms. The van der Waals surface area contributed by atoms with E-state index in [1.54, 1.807) is 38.2 Å². The number of nitrogens with two attached hydrogens (primary N) is 1. The predicted octanol–water partition coefficient (Wildman–Crippen LogP) is 0.935. The second-order valence-corrected chi connectivity index (χ2v) is 3.96. The molecule has 2 rings (SSSR count). The van der Waals surface area contributed by atoms with E-state index in [1.165, 1.54) is 9.36 Å².